The zero-order valence-corrected chi connectivity index (χ0v) is 14.8. The number of rotatable bonds is 5. The Balaban J connectivity index is 1.72. The van der Waals surface area contributed by atoms with Crippen LogP contribution in [0.5, 0.6) is 0 Å². The maximum absolute atomic E-state index is 11.4. The highest BCUT2D eigenvalue weighted by atomic mass is 16.1. The molecule has 0 aliphatic carbocycles. The number of aryl methyl sites for hydroxylation is 1. The van der Waals surface area contributed by atoms with Crippen molar-refractivity contribution in [1.29, 1.82) is 0 Å². The van der Waals surface area contributed by atoms with E-state index in [2.05, 4.69) is 38.0 Å². The lowest BCUT2D eigenvalue weighted by atomic mass is 10.1. The number of aromatic nitrogens is 4. The second-order valence-corrected chi connectivity index (χ2v) is 6.04. The van der Waals surface area contributed by atoms with Crippen LogP contribution in [0.1, 0.15) is 17.3 Å². The summed E-state index contributed by atoms with van der Waals surface area (Å²) in [7, 11) is 0. The fourth-order valence-electron chi connectivity index (χ4n) is 3.02. The van der Waals surface area contributed by atoms with Crippen LogP contribution in [0, 0.1) is 0 Å². The Morgan fingerprint density at radius 3 is 2.85 bits per heavy atom. The number of fused-ring (bicyclic) bond motifs is 1. The van der Waals surface area contributed by atoms with Gasteiger partial charge < -0.3 is 15.6 Å². The first kappa shape index (κ1) is 16.7. The van der Waals surface area contributed by atoms with Crippen LogP contribution in [0.4, 0.5) is 11.6 Å². The lowest BCUT2D eigenvalue weighted by Crippen LogP contribution is -2.11. The molecule has 0 unspecified atom stereocenters. The van der Waals surface area contributed by atoms with Gasteiger partial charge in [0, 0.05) is 47.3 Å². The van der Waals surface area contributed by atoms with Crippen LogP contribution in [0.25, 0.3) is 22.3 Å². The quantitative estimate of drug-likeness (QED) is 0.570. The van der Waals surface area contributed by atoms with E-state index in [1.807, 2.05) is 24.3 Å². The summed E-state index contributed by atoms with van der Waals surface area (Å²) >= 11 is 0. The van der Waals surface area contributed by atoms with E-state index in [9.17, 15) is 4.79 Å². The Morgan fingerprint density at radius 1 is 1.15 bits per heavy atom. The van der Waals surface area contributed by atoms with Gasteiger partial charge >= 0.3 is 0 Å². The normalized spacial score (nSPS) is 10.9. The number of benzene rings is 1. The summed E-state index contributed by atoms with van der Waals surface area (Å²) in [6, 6.07) is 12.7. The maximum atomic E-state index is 11.4. The summed E-state index contributed by atoms with van der Waals surface area (Å²) in [5, 5.41) is 4.17. The molecule has 7 nitrogen and oxygen atoms in total. The minimum Gasteiger partial charge on any atom is -0.366 e. The molecular weight excluding hydrogens is 340 g/mol. The molecule has 0 saturated heterocycles. The zero-order valence-electron chi connectivity index (χ0n) is 14.8. The summed E-state index contributed by atoms with van der Waals surface area (Å²) in [5.41, 5.74) is 9.18. The molecule has 0 bridgehead atoms. The number of hydrogen-bond acceptors (Lipinski definition) is 5. The lowest BCUT2D eigenvalue weighted by Gasteiger charge is -2.07. The molecule has 3 heterocycles. The Morgan fingerprint density at radius 2 is 2.04 bits per heavy atom. The SMILES string of the molecule is CCn1cc(-c2ccnc(Nc3cccc(C(N)=O)c3)n2)c2cccnc21. The van der Waals surface area contributed by atoms with Gasteiger partial charge in [-0.1, -0.05) is 6.07 Å². The number of hydrogen-bond donors (Lipinski definition) is 2. The van der Waals surface area contributed by atoms with Crippen molar-refractivity contribution in [2.45, 2.75) is 13.5 Å². The van der Waals surface area contributed by atoms with Gasteiger partial charge in [0.2, 0.25) is 11.9 Å². The van der Waals surface area contributed by atoms with Crippen LogP contribution < -0.4 is 11.1 Å². The molecule has 4 rings (SSSR count). The molecular formula is C20H18N6O. The molecule has 7 heteroatoms. The number of primary amides is 1. The Labute approximate surface area is 155 Å². The average molecular weight is 358 g/mol. The molecule has 0 aliphatic heterocycles. The van der Waals surface area contributed by atoms with Gasteiger partial charge in [0.15, 0.2) is 0 Å². The third kappa shape index (κ3) is 3.22. The van der Waals surface area contributed by atoms with E-state index in [1.165, 1.54) is 0 Å². The largest absolute Gasteiger partial charge is 0.366 e. The van der Waals surface area contributed by atoms with E-state index in [1.54, 1.807) is 30.6 Å². The first-order valence-corrected chi connectivity index (χ1v) is 8.60. The van der Waals surface area contributed by atoms with Crippen LogP contribution in [0.2, 0.25) is 0 Å². The highest BCUT2D eigenvalue weighted by Gasteiger charge is 2.12. The number of anilines is 2. The van der Waals surface area contributed by atoms with Gasteiger partial charge in [-0.3, -0.25) is 4.79 Å². The number of carbonyl (C=O) groups excluding carboxylic acids is 1. The van der Waals surface area contributed by atoms with Gasteiger partial charge in [-0.2, -0.15) is 0 Å². The minimum absolute atomic E-state index is 0.424. The van der Waals surface area contributed by atoms with E-state index >= 15 is 0 Å². The molecule has 134 valence electrons. The highest BCUT2D eigenvalue weighted by Crippen LogP contribution is 2.29. The summed E-state index contributed by atoms with van der Waals surface area (Å²) in [4.78, 5) is 24.7. The summed E-state index contributed by atoms with van der Waals surface area (Å²) in [5.74, 6) is -0.0383. The molecule has 1 aromatic carbocycles. The van der Waals surface area contributed by atoms with Crippen LogP contribution in [-0.4, -0.2) is 25.4 Å². The number of amides is 1. The number of nitrogens with one attached hydrogen (secondary N) is 1. The van der Waals surface area contributed by atoms with Crippen molar-refractivity contribution in [3.8, 4) is 11.3 Å². The monoisotopic (exact) mass is 358 g/mol. The van der Waals surface area contributed by atoms with Crippen molar-refractivity contribution >= 4 is 28.6 Å². The summed E-state index contributed by atoms with van der Waals surface area (Å²) in [6.45, 7) is 2.90. The number of nitrogens with two attached hydrogens (primary N) is 1. The number of nitrogens with zero attached hydrogens (tertiary/aromatic N) is 4. The smallest absolute Gasteiger partial charge is 0.248 e. The first-order valence-electron chi connectivity index (χ1n) is 8.60. The van der Waals surface area contributed by atoms with Gasteiger partial charge in [0.05, 0.1) is 5.69 Å². The number of pyridine rings is 1. The van der Waals surface area contributed by atoms with Crippen molar-refractivity contribution < 1.29 is 4.79 Å². The van der Waals surface area contributed by atoms with Gasteiger partial charge in [-0.15, -0.1) is 0 Å². The van der Waals surface area contributed by atoms with Crippen LogP contribution >= 0.6 is 0 Å². The summed E-state index contributed by atoms with van der Waals surface area (Å²) < 4.78 is 2.09. The molecule has 3 N–H and O–H groups in total. The van der Waals surface area contributed by atoms with Gasteiger partial charge in [0.1, 0.15) is 5.65 Å². The lowest BCUT2D eigenvalue weighted by molar-refractivity contribution is 0.100. The Kier molecular flexibility index (Phi) is 4.25. The van der Waals surface area contributed by atoms with Crippen molar-refractivity contribution in [1.82, 2.24) is 19.5 Å². The molecule has 27 heavy (non-hydrogen) atoms. The molecule has 0 atom stereocenters. The van der Waals surface area contributed by atoms with Crippen LogP contribution in [0.15, 0.2) is 61.1 Å². The first-order chi connectivity index (χ1) is 13.2. The third-order valence-electron chi connectivity index (χ3n) is 4.31. The second kappa shape index (κ2) is 6.87. The standard InChI is InChI=1S/C20H18N6O/c1-2-26-12-16(15-7-4-9-22-19(15)26)17-8-10-23-20(25-17)24-14-6-3-5-13(11-14)18(21)27/h3-12H,2H2,1H3,(H2,21,27)(H,23,24,25). The molecule has 0 fully saturated rings. The van der Waals surface area contributed by atoms with Gasteiger partial charge in [0.25, 0.3) is 0 Å². The van der Waals surface area contributed by atoms with Crippen LogP contribution in [0.3, 0.4) is 0 Å². The molecule has 3 aromatic heterocycles. The Bertz CT molecular complexity index is 1130. The molecule has 0 aliphatic rings. The van der Waals surface area contributed by atoms with Gasteiger partial charge in [-0.05, 0) is 43.3 Å². The fraction of sp³-hybridized carbons (Fsp3) is 0.100. The zero-order chi connectivity index (χ0) is 18.8. The van der Waals surface area contributed by atoms with Crippen molar-refractivity contribution in [2.24, 2.45) is 5.73 Å². The average Bonchev–Trinajstić information content (AvgIpc) is 3.07. The van der Waals surface area contributed by atoms with E-state index < -0.39 is 5.91 Å². The van der Waals surface area contributed by atoms with E-state index in [-0.39, 0.29) is 0 Å². The van der Waals surface area contributed by atoms with Gasteiger partial charge in [-0.25, -0.2) is 15.0 Å². The summed E-state index contributed by atoms with van der Waals surface area (Å²) in [6.07, 6.45) is 5.54. The topological polar surface area (TPSA) is 98.7 Å². The Hall–Kier alpha value is -3.74. The predicted molar refractivity (Wildman–Crippen MR) is 105 cm³/mol. The van der Waals surface area contributed by atoms with Crippen molar-refractivity contribution in [3.63, 3.8) is 0 Å². The van der Waals surface area contributed by atoms with Crippen LogP contribution in [-0.2, 0) is 6.54 Å². The molecule has 0 radical (unpaired) electrons. The number of carbonyl (C=O) groups is 1. The molecule has 0 saturated carbocycles. The highest BCUT2D eigenvalue weighted by molar-refractivity contribution is 5.94. The fourth-order valence-corrected chi connectivity index (χ4v) is 3.02. The van der Waals surface area contributed by atoms with Crippen molar-refractivity contribution in [3.05, 3.63) is 66.6 Å². The second-order valence-electron chi connectivity index (χ2n) is 6.04. The predicted octanol–water partition coefficient (Wildman–Crippen LogP) is 3.36. The maximum Gasteiger partial charge on any atom is 0.248 e. The minimum atomic E-state index is -0.479. The van der Waals surface area contributed by atoms with E-state index in [0.717, 1.165) is 28.8 Å². The van der Waals surface area contributed by atoms with E-state index in [4.69, 9.17) is 5.73 Å². The molecule has 1 amide bonds. The van der Waals surface area contributed by atoms with Crippen molar-refractivity contribution in [2.75, 3.05) is 5.32 Å². The van der Waals surface area contributed by atoms with E-state index in [0.29, 0.717) is 17.2 Å². The molecule has 0 spiro atoms. The molecule has 4 aromatic rings. The third-order valence-corrected chi connectivity index (χ3v) is 4.31.